The molecule has 0 saturated carbocycles. The van der Waals surface area contributed by atoms with E-state index in [9.17, 15) is 14.4 Å². The lowest BCUT2D eigenvalue weighted by Gasteiger charge is -2.18. The molecule has 0 radical (unpaired) electrons. The topological polar surface area (TPSA) is 78.9 Å². The van der Waals surface area contributed by atoms with Crippen LogP contribution in [0.1, 0.15) is 239 Å². The van der Waals surface area contributed by atoms with Crippen LogP contribution >= 0.6 is 0 Å². The van der Waals surface area contributed by atoms with Gasteiger partial charge >= 0.3 is 17.9 Å². The van der Waals surface area contributed by atoms with E-state index in [2.05, 4.69) is 81.5 Å². The molecular formula is C53H92O6. The van der Waals surface area contributed by atoms with Crippen molar-refractivity contribution in [1.29, 1.82) is 0 Å². The van der Waals surface area contributed by atoms with Crippen molar-refractivity contribution in [2.24, 2.45) is 0 Å². The van der Waals surface area contributed by atoms with E-state index in [1.807, 2.05) is 0 Å². The van der Waals surface area contributed by atoms with Gasteiger partial charge in [0.05, 0.1) is 0 Å². The largest absolute Gasteiger partial charge is 0.462 e. The van der Waals surface area contributed by atoms with Gasteiger partial charge in [-0.25, -0.2) is 0 Å². The van der Waals surface area contributed by atoms with Gasteiger partial charge in [0.25, 0.3) is 0 Å². The van der Waals surface area contributed by atoms with Crippen molar-refractivity contribution >= 4 is 17.9 Å². The van der Waals surface area contributed by atoms with Crippen LogP contribution in [0.25, 0.3) is 0 Å². The minimum Gasteiger partial charge on any atom is -0.462 e. The second-order valence-corrected chi connectivity index (χ2v) is 16.3. The molecule has 59 heavy (non-hydrogen) atoms. The maximum Gasteiger partial charge on any atom is 0.306 e. The number of hydrogen-bond acceptors (Lipinski definition) is 6. The van der Waals surface area contributed by atoms with Crippen molar-refractivity contribution in [3.8, 4) is 0 Å². The second kappa shape index (κ2) is 47.8. The van der Waals surface area contributed by atoms with Gasteiger partial charge in [0, 0.05) is 19.3 Å². The van der Waals surface area contributed by atoms with Gasteiger partial charge in [-0.15, -0.1) is 0 Å². The molecule has 1 atom stereocenters. The summed E-state index contributed by atoms with van der Waals surface area (Å²) in [4.78, 5) is 37.7. The molecule has 0 aliphatic heterocycles. The molecule has 0 amide bonds. The number of ether oxygens (including phenoxy) is 3. The number of unbranched alkanes of at least 4 members (excludes halogenated alkanes) is 23. The van der Waals surface area contributed by atoms with E-state index < -0.39 is 6.10 Å². The van der Waals surface area contributed by atoms with E-state index in [-0.39, 0.29) is 31.1 Å². The number of hydrogen-bond donors (Lipinski definition) is 0. The lowest BCUT2D eigenvalue weighted by atomic mass is 10.1. The van der Waals surface area contributed by atoms with Gasteiger partial charge in [-0.3, -0.25) is 14.4 Å². The van der Waals surface area contributed by atoms with E-state index in [0.717, 1.165) is 103 Å². The van der Waals surface area contributed by atoms with Crippen LogP contribution in [-0.4, -0.2) is 37.2 Å². The molecule has 1 unspecified atom stereocenters. The molecule has 0 heterocycles. The Morgan fingerprint density at radius 2 is 0.661 bits per heavy atom. The van der Waals surface area contributed by atoms with Crippen molar-refractivity contribution < 1.29 is 28.6 Å². The zero-order valence-corrected chi connectivity index (χ0v) is 38.8. The lowest BCUT2D eigenvalue weighted by Crippen LogP contribution is -2.30. The number of allylic oxidation sites excluding steroid dienone is 10. The number of carbonyl (C=O) groups is 3. The number of rotatable bonds is 44. The summed E-state index contributed by atoms with van der Waals surface area (Å²) in [6.07, 6.45) is 57.9. The van der Waals surface area contributed by atoms with Crippen LogP contribution in [0.3, 0.4) is 0 Å². The normalized spacial score (nSPS) is 12.5. The van der Waals surface area contributed by atoms with Crippen LogP contribution in [-0.2, 0) is 28.6 Å². The molecule has 0 rings (SSSR count). The smallest absolute Gasteiger partial charge is 0.306 e. The van der Waals surface area contributed by atoms with E-state index >= 15 is 0 Å². The minimum absolute atomic E-state index is 0.0823. The highest BCUT2D eigenvalue weighted by Crippen LogP contribution is 2.14. The first-order chi connectivity index (χ1) is 29.0. The Bertz CT molecular complexity index is 1090. The maximum absolute atomic E-state index is 12.7. The third-order valence-electron chi connectivity index (χ3n) is 10.5. The fourth-order valence-electron chi connectivity index (χ4n) is 6.78. The predicted octanol–water partition coefficient (Wildman–Crippen LogP) is 16.1. The molecule has 0 N–H and O–H groups in total. The van der Waals surface area contributed by atoms with E-state index in [1.54, 1.807) is 0 Å². The quantitative estimate of drug-likeness (QED) is 0.0263. The molecule has 0 saturated heterocycles. The first-order valence-electron chi connectivity index (χ1n) is 24.8. The Morgan fingerprint density at radius 3 is 1.05 bits per heavy atom. The van der Waals surface area contributed by atoms with Crippen LogP contribution in [0, 0.1) is 0 Å². The Labute approximate surface area is 364 Å². The fourth-order valence-corrected chi connectivity index (χ4v) is 6.78. The van der Waals surface area contributed by atoms with Crippen LogP contribution in [0.2, 0.25) is 0 Å². The Hall–Kier alpha value is -2.89. The molecule has 0 aromatic heterocycles. The van der Waals surface area contributed by atoms with Gasteiger partial charge in [-0.2, -0.15) is 0 Å². The summed E-state index contributed by atoms with van der Waals surface area (Å²) in [5, 5.41) is 0. The third-order valence-corrected chi connectivity index (χ3v) is 10.5. The molecule has 0 aliphatic rings. The Morgan fingerprint density at radius 1 is 0.356 bits per heavy atom. The van der Waals surface area contributed by atoms with Gasteiger partial charge in [-0.1, -0.05) is 197 Å². The summed E-state index contributed by atoms with van der Waals surface area (Å²) < 4.78 is 16.7. The fraction of sp³-hybridized carbons (Fsp3) is 0.755. The molecule has 0 spiro atoms. The summed E-state index contributed by atoms with van der Waals surface area (Å²) in [7, 11) is 0. The number of esters is 3. The summed E-state index contributed by atoms with van der Waals surface area (Å²) in [6.45, 7) is 6.44. The van der Waals surface area contributed by atoms with Crippen molar-refractivity contribution in [2.75, 3.05) is 13.2 Å². The van der Waals surface area contributed by atoms with E-state index in [4.69, 9.17) is 14.2 Å². The van der Waals surface area contributed by atoms with Gasteiger partial charge in [0.15, 0.2) is 6.10 Å². The first-order valence-corrected chi connectivity index (χ1v) is 24.8. The first kappa shape index (κ1) is 56.1. The zero-order chi connectivity index (χ0) is 43.0. The number of carbonyl (C=O) groups excluding carboxylic acids is 3. The Kier molecular flexibility index (Phi) is 45.4. The predicted molar refractivity (Wildman–Crippen MR) is 251 cm³/mol. The molecule has 340 valence electrons. The Balaban J connectivity index is 4.26. The van der Waals surface area contributed by atoms with Crippen molar-refractivity contribution in [2.45, 2.75) is 245 Å². The molecule has 0 bridgehead atoms. The lowest BCUT2D eigenvalue weighted by molar-refractivity contribution is -0.167. The van der Waals surface area contributed by atoms with Crippen molar-refractivity contribution in [3.63, 3.8) is 0 Å². The highest BCUT2D eigenvalue weighted by molar-refractivity contribution is 5.71. The monoisotopic (exact) mass is 825 g/mol. The second-order valence-electron chi connectivity index (χ2n) is 16.3. The van der Waals surface area contributed by atoms with Gasteiger partial charge in [0.1, 0.15) is 13.2 Å². The molecule has 6 heteroatoms. The molecule has 0 aromatic carbocycles. The van der Waals surface area contributed by atoms with Crippen LogP contribution in [0.15, 0.2) is 60.8 Å². The summed E-state index contributed by atoms with van der Waals surface area (Å²) in [5.41, 5.74) is 0. The molecule has 0 aliphatic carbocycles. The SMILES string of the molecule is CC/C=C\C/C=C\C/C=C\C/C=C\CCCCCCCCC(=O)OCC(COC(=O)CCCCCCCC)OC(=O)CCCCCCC/C=C\CCCCCCCCC. The molecule has 0 fully saturated rings. The van der Waals surface area contributed by atoms with Crippen molar-refractivity contribution in [3.05, 3.63) is 60.8 Å². The highest BCUT2D eigenvalue weighted by atomic mass is 16.6. The summed E-state index contributed by atoms with van der Waals surface area (Å²) in [5.74, 6) is -0.913. The average molecular weight is 825 g/mol. The molecule has 0 aromatic rings. The summed E-state index contributed by atoms with van der Waals surface area (Å²) >= 11 is 0. The molecule has 6 nitrogen and oxygen atoms in total. The van der Waals surface area contributed by atoms with E-state index in [1.165, 1.54) is 96.3 Å². The van der Waals surface area contributed by atoms with Gasteiger partial charge in [0.2, 0.25) is 0 Å². The molecular weight excluding hydrogens is 733 g/mol. The van der Waals surface area contributed by atoms with Gasteiger partial charge in [-0.05, 0) is 83.5 Å². The maximum atomic E-state index is 12.7. The van der Waals surface area contributed by atoms with Crippen LogP contribution in [0.4, 0.5) is 0 Å². The highest BCUT2D eigenvalue weighted by Gasteiger charge is 2.19. The van der Waals surface area contributed by atoms with Crippen molar-refractivity contribution in [1.82, 2.24) is 0 Å². The van der Waals surface area contributed by atoms with E-state index in [0.29, 0.717) is 19.3 Å². The standard InChI is InChI=1S/C53H92O6/c1-4-7-10-13-16-18-20-22-24-26-27-28-30-31-33-35-37-40-43-46-52(55)58-49-50(48-57-51(54)45-42-39-15-12-9-6-3)59-53(56)47-44-41-38-36-34-32-29-25-23-21-19-17-14-11-8-5-2/h7,10,16,18,22,24-25,27-29,50H,4-6,8-9,11-15,17,19-21,23,26,30-49H2,1-3H3/b10-7-,18-16-,24-22-,28-27-,29-25-. The minimum atomic E-state index is -0.780. The zero-order valence-electron chi connectivity index (χ0n) is 38.8. The third kappa shape index (κ3) is 46.0. The van der Waals surface area contributed by atoms with Gasteiger partial charge < -0.3 is 14.2 Å². The van der Waals surface area contributed by atoms with Crippen LogP contribution < -0.4 is 0 Å². The average Bonchev–Trinajstić information content (AvgIpc) is 3.23. The summed E-state index contributed by atoms with van der Waals surface area (Å²) in [6, 6.07) is 0. The van der Waals surface area contributed by atoms with Crippen LogP contribution in [0.5, 0.6) is 0 Å².